The van der Waals surface area contributed by atoms with E-state index in [1.54, 1.807) is 12.1 Å². The Bertz CT molecular complexity index is 4340. The van der Waals surface area contributed by atoms with E-state index in [1.165, 1.54) is 117 Å². The second-order valence-electron chi connectivity index (χ2n) is 27.5. The monoisotopic (exact) mass is 1300 g/mol. The summed E-state index contributed by atoms with van der Waals surface area (Å²) < 4.78 is 13.8. The maximum atomic E-state index is 13.8. The van der Waals surface area contributed by atoms with Gasteiger partial charge in [0.2, 0.25) is 0 Å². The van der Waals surface area contributed by atoms with Crippen molar-refractivity contribution in [3.05, 3.63) is 357 Å². The van der Waals surface area contributed by atoms with Gasteiger partial charge in [0, 0.05) is 10.6 Å². The first-order chi connectivity index (χ1) is 46.4. The van der Waals surface area contributed by atoms with Crippen molar-refractivity contribution in [3.8, 4) is 66.8 Å². The van der Waals surface area contributed by atoms with Crippen molar-refractivity contribution in [1.82, 2.24) is 0 Å². The number of aryl methyl sites for hydroxylation is 4. The molecule has 0 unspecified atom stereocenters. The van der Waals surface area contributed by atoms with Gasteiger partial charge in [0.1, 0.15) is 5.82 Å². The van der Waals surface area contributed by atoms with E-state index in [4.69, 9.17) is 11.6 Å². The van der Waals surface area contributed by atoms with Crippen LogP contribution in [0.5, 0.6) is 0 Å². The van der Waals surface area contributed by atoms with Gasteiger partial charge < -0.3 is 0 Å². The molecule has 0 bridgehead atoms. The zero-order chi connectivity index (χ0) is 70.1. The first-order valence-electron chi connectivity index (χ1n) is 34.8. The van der Waals surface area contributed by atoms with Crippen LogP contribution in [0.2, 0.25) is 5.02 Å². The summed E-state index contributed by atoms with van der Waals surface area (Å²) in [6, 6.07) is 99.5. The van der Waals surface area contributed by atoms with Gasteiger partial charge in [-0.15, -0.1) is 0 Å². The molecule has 2 heteroatoms. The number of hydrogen-bond acceptors (Lipinski definition) is 0. The summed E-state index contributed by atoms with van der Waals surface area (Å²) in [6.45, 7) is 37.3. The third-order valence-electron chi connectivity index (χ3n) is 17.7. The van der Waals surface area contributed by atoms with E-state index >= 15 is 0 Å². The minimum Gasteiger partial charge on any atom is -0.206 e. The lowest BCUT2D eigenvalue weighted by atomic mass is 9.91. The van der Waals surface area contributed by atoms with Gasteiger partial charge in [-0.25, -0.2) is 4.39 Å². The number of halogens is 2. The van der Waals surface area contributed by atoms with Gasteiger partial charge in [-0.05, 0) is 200 Å². The zero-order valence-electron chi connectivity index (χ0n) is 60.9. The molecule has 0 nitrogen and oxygen atoms in total. The molecule has 0 N–H and O–H groups in total. The predicted octanol–water partition coefficient (Wildman–Crippen LogP) is 29.2. The first kappa shape index (κ1) is 75.2. The minimum absolute atomic E-state index is 0.197. The van der Waals surface area contributed by atoms with Crippen molar-refractivity contribution in [3.63, 3.8) is 0 Å². The molecule has 0 atom stereocenters. The third kappa shape index (κ3) is 23.0. The highest BCUT2D eigenvalue weighted by molar-refractivity contribution is 6.30. The Balaban J connectivity index is 0.000000164. The van der Waals surface area contributed by atoms with E-state index in [1.807, 2.05) is 24.3 Å². The van der Waals surface area contributed by atoms with Gasteiger partial charge in [-0.3, -0.25) is 0 Å². The molecule has 97 heavy (non-hydrogen) atoms. The van der Waals surface area contributed by atoms with E-state index in [2.05, 4.69) is 360 Å². The molecule has 12 aromatic carbocycles. The number of hydrogen-bond donors (Lipinski definition) is 0. The predicted molar refractivity (Wildman–Crippen MR) is 424 cm³/mol. The summed E-state index contributed by atoms with van der Waals surface area (Å²) in [5.74, 6) is 3.11. The number of benzene rings is 12. The molecule has 0 aliphatic heterocycles. The van der Waals surface area contributed by atoms with E-state index in [0.29, 0.717) is 46.1 Å². The molecule has 0 radical (unpaired) electrons. The van der Waals surface area contributed by atoms with E-state index in [0.717, 1.165) is 11.1 Å². The van der Waals surface area contributed by atoms with Crippen LogP contribution in [-0.4, -0.2) is 0 Å². The fourth-order valence-corrected chi connectivity index (χ4v) is 11.5. The summed E-state index contributed by atoms with van der Waals surface area (Å²) in [7, 11) is 0. The maximum absolute atomic E-state index is 13.8. The highest BCUT2D eigenvalue weighted by atomic mass is 35.5. The highest BCUT2D eigenvalue weighted by Gasteiger charge is 2.12. The molecule has 12 rings (SSSR count). The van der Waals surface area contributed by atoms with Crippen LogP contribution in [0.25, 0.3) is 66.8 Å². The van der Waals surface area contributed by atoms with Crippen molar-refractivity contribution in [1.29, 1.82) is 0 Å². The van der Waals surface area contributed by atoms with Crippen LogP contribution >= 0.6 is 11.6 Å². The Morgan fingerprint density at radius 1 is 0.237 bits per heavy atom. The van der Waals surface area contributed by atoms with E-state index in [9.17, 15) is 4.39 Å². The Morgan fingerprint density at radius 2 is 0.598 bits per heavy atom. The third-order valence-corrected chi connectivity index (χ3v) is 18.0. The Kier molecular flexibility index (Phi) is 29.0. The summed E-state index contributed by atoms with van der Waals surface area (Å²) in [5, 5.41) is 0.661. The van der Waals surface area contributed by atoms with E-state index in [-0.39, 0.29) is 5.82 Å². The zero-order valence-corrected chi connectivity index (χ0v) is 61.6. The molecule has 0 aliphatic rings. The molecule has 0 spiro atoms. The fourth-order valence-electron chi connectivity index (χ4n) is 11.4. The van der Waals surface area contributed by atoms with E-state index < -0.39 is 0 Å². The molecule has 0 heterocycles. The van der Waals surface area contributed by atoms with Crippen molar-refractivity contribution in [2.24, 2.45) is 0 Å². The van der Waals surface area contributed by atoms with Crippen molar-refractivity contribution >= 4 is 11.6 Å². The van der Waals surface area contributed by atoms with Crippen molar-refractivity contribution < 1.29 is 4.39 Å². The van der Waals surface area contributed by atoms with Crippen LogP contribution in [0, 0.1) is 40.4 Å². The first-order valence-corrected chi connectivity index (χ1v) is 35.2. The SMILES string of the molecule is CC(C)c1ccc(F)c(-c2ccc(Cl)cc2)c1.CC(C)c1cccc(-c2ccccc2)c1.Cc1ccc(-c2cccc(C(C)C)c2)cc1.Cc1ccc(C(C)C)c(-c2ccccc2)c1.Cc1cccc(-c2cccc(C(C)C)c2)c1.Cc1cccc(-c2cccc(C(C)C)c2)c1C. The quantitative estimate of drug-likeness (QED) is 0.114. The van der Waals surface area contributed by atoms with Crippen LogP contribution in [0.15, 0.2) is 285 Å². The lowest BCUT2D eigenvalue weighted by Gasteiger charge is -2.13. The lowest BCUT2D eigenvalue weighted by Crippen LogP contribution is -1.93. The van der Waals surface area contributed by atoms with Gasteiger partial charge in [-0.1, -0.05) is 372 Å². The van der Waals surface area contributed by atoms with Gasteiger partial charge >= 0.3 is 0 Å². The highest BCUT2D eigenvalue weighted by Crippen LogP contribution is 2.33. The van der Waals surface area contributed by atoms with Crippen molar-refractivity contribution in [2.45, 2.75) is 153 Å². The smallest absolute Gasteiger partial charge is 0.131 e. The minimum atomic E-state index is -0.197. The molecule has 498 valence electrons. The maximum Gasteiger partial charge on any atom is 0.131 e. The van der Waals surface area contributed by atoms with Crippen LogP contribution < -0.4 is 0 Å². The molecule has 0 saturated heterocycles. The standard InChI is InChI=1S/C17H20.3C16H18.C15H14ClF.C15H16/c1-12(2)15-8-6-9-16(11-15)17-10-5-7-13(3)14(17)4;1-12(2)14-7-5-9-16(11-14)15-8-4-6-13(3)10-15;1-12(2)15-5-4-6-16(11-15)14-9-7-13(3)8-10-14;1-12(2)15-10-9-13(3)11-16(15)14-7-5-4-6-8-14;1-10(2)12-5-8-15(17)14(9-12)11-3-6-13(16)7-4-11;1-12(2)14-9-6-10-15(11-14)13-7-4-3-5-8-13/h5-12H,1-4H3;3*4-12H,1-3H3;3-10H,1-2H3;3-12H,1-2H3. The summed E-state index contributed by atoms with van der Waals surface area (Å²) in [4.78, 5) is 0. The van der Waals surface area contributed by atoms with Crippen molar-refractivity contribution in [2.75, 3.05) is 0 Å². The molecule has 0 saturated carbocycles. The van der Waals surface area contributed by atoms with Gasteiger partial charge in [0.05, 0.1) is 0 Å². The summed E-state index contributed by atoms with van der Waals surface area (Å²) >= 11 is 5.83. The Hall–Kier alpha value is -9.14. The largest absolute Gasteiger partial charge is 0.206 e. The molecule has 0 aromatic heterocycles. The topological polar surface area (TPSA) is 0 Å². The second-order valence-corrected chi connectivity index (χ2v) is 27.9. The molecule has 12 aromatic rings. The van der Waals surface area contributed by atoms with Crippen LogP contribution in [0.3, 0.4) is 0 Å². The molecule has 0 aliphatic carbocycles. The summed E-state index contributed by atoms with van der Waals surface area (Å²) in [6.07, 6.45) is 0. The second kappa shape index (κ2) is 37.4. The number of rotatable bonds is 12. The molecular formula is C95H104ClF. The van der Waals surface area contributed by atoms with Gasteiger partial charge in [0.25, 0.3) is 0 Å². The Labute approximate surface area is 589 Å². The molecular weight excluding hydrogens is 1200 g/mol. The van der Waals surface area contributed by atoms with Gasteiger partial charge in [-0.2, -0.15) is 0 Å². The average molecular weight is 1300 g/mol. The van der Waals surface area contributed by atoms with Crippen LogP contribution in [0.4, 0.5) is 4.39 Å². The average Bonchev–Trinajstić information content (AvgIpc) is 0.913. The summed E-state index contributed by atoms with van der Waals surface area (Å²) in [5.41, 5.74) is 29.5. The normalized spacial score (nSPS) is 10.8. The molecule has 0 amide bonds. The Morgan fingerprint density at radius 3 is 1.07 bits per heavy atom. The fraction of sp³-hybridized carbons (Fsp3) is 0.242. The lowest BCUT2D eigenvalue weighted by molar-refractivity contribution is 0.630. The van der Waals surface area contributed by atoms with Gasteiger partial charge in [0.15, 0.2) is 0 Å². The molecule has 0 fully saturated rings. The van der Waals surface area contributed by atoms with Crippen LogP contribution in [0.1, 0.15) is 180 Å². The van der Waals surface area contributed by atoms with Crippen LogP contribution in [-0.2, 0) is 0 Å².